The summed E-state index contributed by atoms with van der Waals surface area (Å²) in [6.07, 6.45) is 0. The molecular formula is C18H17N3O. The van der Waals surface area contributed by atoms with Crippen molar-refractivity contribution in [1.82, 2.24) is 4.98 Å². The molecule has 4 heteroatoms. The maximum Gasteiger partial charge on any atom is 0.153 e. The lowest BCUT2D eigenvalue weighted by Crippen LogP contribution is -2.00. The third-order valence-corrected chi connectivity index (χ3v) is 3.16. The second kappa shape index (κ2) is 6.18. The highest BCUT2D eigenvalue weighted by Crippen LogP contribution is 2.25. The SMILES string of the molecule is Cc1ccc(N)c(Nc2ccc(Oc3ccccc3)cc2)n1. The molecule has 1 aromatic heterocycles. The number of hydrogen-bond donors (Lipinski definition) is 2. The summed E-state index contributed by atoms with van der Waals surface area (Å²) in [5, 5.41) is 3.21. The molecule has 0 unspecified atom stereocenters. The van der Waals surface area contributed by atoms with Gasteiger partial charge in [0, 0.05) is 11.4 Å². The van der Waals surface area contributed by atoms with E-state index >= 15 is 0 Å². The van der Waals surface area contributed by atoms with Crippen LogP contribution in [0.4, 0.5) is 17.2 Å². The Morgan fingerprint density at radius 2 is 1.55 bits per heavy atom. The Morgan fingerprint density at radius 1 is 0.864 bits per heavy atom. The predicted molar refractivity (Wildman–Crippen MR) is 89.6 cm³/mol. The zero-order chi connectivity index (χ0) is 15.4. The molecule has 0 bridgehead atoms. The van der Waals surface area contributed by atoms with Gasteiger partial charge in [0.15, 0.2) is 5.82 Å². The molecule has 4 nitrogen and oxygen atoms in total. The van der Waals surface area contributed by atoms with Gasteiger partial charge in [-0.25, -0.2) is 4.98 Å². The molecule has 110 valence electrons. The van der Waals surface area contributed by atoms with E-state index in [4.69, 9.17) is 10.5 Å². The fourth-order valence-electron chi connectivity index (χ4n) is 2.04. The first-order valence-corrected chi connectivity index (χ1v) is 7.04. The zero-order valence-electron chi connectivity index (χ0n) is 12.3. The number of aryl methyl sites for hydroxylation is 1. The number of rotatable bonds is 4. The van der Waals surface area contributed by atoms with E-state index in [0.717, 1.165) is 22.9 Å². The highest BCUT2D eigenvalue weighted by Gasteiger charge is 2.03. The Bertz CT molecular complexity index is 755. The molecule has 0 saturated carbocycles. The molecule has 0 aliphatic heterocycles. The quantitative estimate of drug-likeness (QED) is 0.742. The van der Waals surface area contributed by atoms with Crippen LogP contribution in [0.5, 0.6) is 11.5 Å². The fraction of sp³-hybridized carbons (Fsp3) is 0.0556. The molecule has 22 heavy (non-hydrogen) atoms. The number of benzene rings is 2. The number of nitrogens with one attached hydrogen (secondary N) is 1. The molecule has 1 heterocycles. The second-order valence-corrected chi connectivity index (χ2v) is 4.95. The molecule has 2 aromatic carbocycles. The van der Waals surface area contributed by atoms with Gasteiger partial charge in [0.2, 0.25) is 0 Å². The molecule has 3 rings (SSSR count). The maximum atomic E-state index is 5.92. The van der Waals surface area contributed by atoms with Crippen molar-refractivity contribution >= 4 is 17.2 Å². The molecule has 0 saturated heterocycles. The molecule has 3 aromatic rings. The summed E-state index contributed by atoms with van der Waals surface area (Å²) in [6, 6.07) is 21.1. The summed E-state index contributed by atoms with van der Waals surface area (Å²) in [6.45, 7) is 1.93. The van der Waals surface area contributed by atoms with Crippen LogP contribution in [0.1, 0.15) is 5.69 Å². The Morgan fingerprint density at radius 3 is 2.27 bits per heavy atom. The van der Waals surface area contributed by atoms with Crippen LogP contribution in [0, 0.1) is 6.92 Å². The van der Waals surface area contributed by atoms with E-state index in [2.05, 4.69) is 10.3 Å². The van der Waals surface area contributed by atoms with Crippen LogP contribution in [0.25, 0.3) is 0 Å². The van der Waals surface area contributed by atoms with Crippen LogP contribution in [0.3, 0.4) is 0 Å². The van der Waals surface area contributed by atoms with Crippen molar-refractivity contribution in [3.8, 4) is 11.5 Å². The standard InChI is InChI=1S/C18H17N3O/c1-13-7-12-17(19)18(20-13)21-14-8-10-16(11-9-14)22-15-5-3-2-4-6-15/h2-12H,19H2,1H3,(H,20,21). The number of pyridine rings is 1. The summed E-state index contributed by atoms with van der Waals surface area (Å²) in [4.78, 5) is 4.39. The molecule has 0 spiro atoms. The van der Waals surface area contributed by atoms with E-state index < -0.39 is 0 Å². The van der Waals surface area contributed by atoms with Gasteiger partial charge in [-0.05, 0) is 55.5 Å². The van der Waals surface area contributed by atoms with Crippen molar-refractivity contribution in [2.45, 2.75) is 6.92 Å². The summed E-state index contributed by atoms with van der Waals surface area (Å²) < 4.78 is 5.76. The van der Waals surface area contributed by atoms with Gasteiger partial charge >= 0.3 is 0 Å². The first-order valence-electron chi connectivity index (χ1n) is 7.04. The first-order chi connectivity index (χ1) is 10.7. The van der Waals surface area contributed by atoms with Crippen molar-refractivity contribution in [3.63, 3.8) is 0 Å². The van der Waals surface area contributed by atoms with Crippen molar-refractivity contribution in [2.24, 2.45) is 0 Å². The molecule has 0 aliphatic carbocycles. The highest BCUT2D eigenvalue weighted by molar-refractivity contribution is 5.68. The van der Waals surface area contributed by atoms with E-state index in [0.29, 0.717) is 11.5 Å². The van der Waals surface area contributed by atoms with Gasteiger partial charge in [-0.2, -0.15) is 0 Å². The predicted octanol–water partition coefficient (Wildman–Crippen LogP) is 4.51. The summed E-state index contributed by atoms with van der Waals surface area (Å²) in [5.74, 6) is 2.26. The number of hydrogen-bond acceptors (Lipinski definition) is 4. The normalized spacial score (nSPS) is 10.2. The van der Waals surface area contributed by atoms with Gasteiger partial charge in [-0.3, -0.25) is 0 Å². The molecule has 0 aliphatic rings. The van der Waals surface area contributed by atoms with Crippen LogP contribution in [-0.4, -0.2) is 4.98 Å². The number of aromatic nitrogens is 1. The average molecular weight is 291 g/mol. The van der Waals surface area contributed by atoms with Gasteiger partial charge in [0.25, 0.3) is 0 Å². The topological polar surface area (TPSA) is 60.2 Å². The van der Waals surface area contributed by atoms with Crippen molar-refractivity contribution < 1.29 is 4.74 Å². The van der Waals surface area contributed by atoms with E-state index in [1.165, 1.54) is 0 Å². The maximum absolute atomic E-state index is 5.92. The minimum atomic E-state index is 0.621. The average Bonchev–Trinajstić information content (AvgIpc) is 2.54. The van der Waals surface area contributed by atoms with Crippen LogP contribution in [0.2, 0.25) is 0 Å². The molecule has 0 radical (unpaired) electrons. The van der Waals surface area contributed by atoms with Gasteiger partial charge in [0.1, 0.15) is 11.5 Å². The molecule has 0 atom stereocenters. The molecule has 0 amide bonds. The van der Waals surface area contributed by atoms with Gasteiger partial charge in [-0.1, -0.05) is 18.2 Å². The van der Waals surface area contributed by atoms with Crippen LogP contribution < -0.4 is 15.8 Å². The third kappa shape index (κ3) is 3.35. The lowest BCUT2D eigenvalue weighted by Gasteiger charge is -2.10. The second-order valence-electron chi connectivity index (χ2n) is 4.95. The molecular weight excluding hydrogens is 274 g/mol. The first kappa shape index (κ1) is 13.9. The Balaban J connectivity index is 1.73. The fourth-order valence-corrected chi connectivity index (χ4v) is 2.04. The molecule has 0 fully saturated rings. The van der Waals surface area contributed by atoms with Crippen LogP contribution in [0.15, 0.2) is 66.7 Å². The van der Waals surface area contributed by atoms with E-state index in [-0.39, 0.29) is 0 Å². The van der Waals surface area contributed by atoms with Gasteiger partial charge < -0.3 is 15.8 Å². The van der Waals surface area contributed by atoms with Crippen LogP contribution >= 0.6 is 0 Å². The Labute approximate surface area is 129 Å². The monoisotopic (exact) mass is 291 g/mol. The Hall–Kier alpha value is -3.01. The third-order valence-electron chi connectivity index (χ3n) is 3.16. The smallest absolute Gasteiger partial charge is 0.153 e. The number of ether oxygens (including phenoxy) is 1. The van der Waals surface area contributed by atoms with E-state index in [1.807, 2.05) is 73.7 Å². The minimum Gasteiger partial charge on any atom is -0.457 e. The number of nitrogen functional groups attached to an aromatic ring is 1. The number of nitrogens with two attached hydrogens (primary N) is 1. The van der Waals surface area contributed by atoms with Crippen molar-refractivity contribution in [2.75, 3.05) is 11.1 Å². The van der Waals surface area contributed by atoms with Crippen molar-refractivity contribution in [3.05, 3.63) is 72.4 Å². The minimum absolute atomic E-state index is 0.621. The Kier molecular flexibility index (Phi) is 3.92. The summed E-state index contributed by atoms with van der Waals surface area (Å²) >= 11 is 0. The number of anilines is 3. The van der Waals surface area contributed by atoms with Crippen LogP contribution in [-0.2, 0) is 0 Å². The van der Waals surface area contributed by atoms with Crippen molar-refractivity contribution in [1.29, 1.82) is 0 Å². The lowest BCUT2D eigenvalue weighted by atomic mass is 10.2. The number of para-hydroxylation sites is 1. The largest absolute Gasteiger partial charge is 0.457 e. The summed E-state index contributed by atoms with van der Waals surface area (Å²) in [5.41, 5.74) is 8.37. The van der Waals surface area contributed by atoms with E-state index in [9.17, 15) is 0 Å². The van der Waals surface area contributed by atoms with E-state index in [1.54, 1.807) is 0 Å². The zero-order valence-corrected chi connectivity index (χ0v) is 12.3. The van der Waals surface area contributed by atoms with Gasteiger partial charge in [0.05, 0.1) is 5.69 Å². The number of nitrogens with zero attached hydrogens (tertiary/aromatic N) is 1. The lowest BCUT2D eigenvalue weighted by molar-refractivity contribution is 0.483. The highest BCUT2D eigenvalue weighted by atomic mass is 16.5. The molecule has 3 N–H and O–H groups in total. The van der Waals surface area contributed by atoms with Gasteiger partial charge in [-0.15, -0.1) is 0 Å². The summed E-state index contributed by atoms with van der Waals surface area (Å²) in [7, 11) is 0.